The van der Waals surface area contributed by atoms with Crippen LogP contribution in [0, 0.1) is 0 Å². The predicted octanol–water partition coefficient (Wildman–Crippen LogP) is -1.12. The van der Waals surface area contributed by atoms with Gasteiger partial charge in [0.15, 0.2) is 0 Å². The van der Waals surface area contributed by atoms with Crippen molar-refractivity contribution in [2.75, 3.05) is 0 Å². The lowest BCUT2D eigenvalue weighted by Crippen LogP contribution is -2.35. The zero-order valence-corrected chi connectivity index (χ0v) is 6.44. The highest BCUT2D eigenvalue weighted by Gasteiger charge is 2.19. The summed E-state index contributed by atoms with van der Waals surface area (Å²) < 4.78 is 4.05. The van der Waals surface area contributed by atoms with Gasteiger partial charge in [-0.05, 0) is 0 Å². The van der Waals surface area contributed by atoms with Crippen molar-refractivity contribution in [3.05, 3.63) is 0 Å². The van der Waals surface area contributed by atoms with E-state index in [-0.39, 0.29) is 0 Å². The van der Waals surface area contributed by atoms with Gasteiger partial charge in [0, 0.05) is 6.92 Å². The number of carbonyl (C=O) groups excluding carboxylic acids is 2. The van der Waals surface area contributed by atoms with Crippen molar-refractivity contribution in [2.24, 2.45) is 5.73 Å². The molecule has 0 aliphatic rings. The second kappa shape index (κ2) is 4.45. The molecule has 0 aromatic rings. The minimum absolute atomic E-state index is 0.549. The van der Waals surface area contributed by atoms with Crippen LogP contribution in [0.25, 0.3) is 0 Å². The lowest BCUT2D eigenvalue weighted by molar-refractivity contribution is -0.160. The molecule has 0 aliphatic carbocycles. The highest BCUT2D eigenvalue weighted by Crippen LogP contribution is 1.92. The van der Waals surface area contributed by atoms with Crippen molar-refractivity contribution in [1.82, 2.24) is 0 Å². The minimum atomic E-state index is -1.29. The Morgan fingerprint density at radius 2 is 2.00 bits per heavy atom. The minimum Gasteiger partial charge on any atom is -0.481 e. The van der Waals surface area contributed by atoms with E-state index in [1.165, 1.54) is 0 Å². The number of esters is 2. The number of carboxylic acids is 1. The van der Waals surface area contributed by atoms with E-state index in [1.807, 2.05) is 0 Å². The van der Waals surface area contributed by atoms with Crippen LogP contribution >= 0.6 is 0 Å². The molecule has 0 bridgehead atoms. The lowest BCUT2D eigenvalue weighted by Gasteiger charge is -2.05. The van der Waals surface area contributed by atoms with Crippen LogP contribution in [0.1, 0.15) is 13.3 Å². The molecule has 0 aliphatic heterocycles. The molecule has 0 aromatic heterocycles. The highest BCUT2D eigenvalue weighted by molar-refractivity contribution is 5.89. The van der Waals surface area contributed by atoms with E-state index < -0.39 is 30.4 Å². The van der Waals surface area contributed by atoms with Gasteiger partial charge in [0.2, 0.25) is 0 Å². The van der Waals surface area contributed by atoms with Gasteiger partial charge < -0.3 is 15.6 Å². The Morgan fingerprint density at radius 1 is 1.50 bits per heavy atom. The summed E-state index contributed by atoms with van der Waals surface area (Å²) in [5.41, 5.74) is 5.06. The fourth-order valence-corrected chi connectivity index (χ4v) is 0.489. The molecular weight excluding hydrogens is 166 g/mol. The summed E-state index contributed by atoms with van der Waals surface area (Å²) >= 11 is 0. The van der Waals surface area contributed by atoms with E-state index in [2.05, 4.69) is 4.74 Å². The third-order valence-electron chi connectivity index (χ3n) is 0.942. The van der Waals surface area contributed by atoms with Gasteiger partial charge in [0.25, 0.3) is 0 Å². The molecule has 0 rings (SSSR count). The average molecular weight is 175 g/mol. The Kier molecular flexibility index (Phi) is 3.92. The van der Waals surface area contributed by atoms with Crippen LogP contribution in [0.5, 0.6) is 0 Å². The molecule has 0 radical (unpaired) electrons. The van der Waals surface area contributed by atoms with Gasteiger partial charge >= 0.3 is 17.9 Å². The van der Waals surface area contributed by atoms with Crippen LogP contribution in [0.4, 0.5) is 0 Å². The number of hydrogen-bond donors (Lipinski definition) is 2. The molecule has 0 saturated heterocycles. The molecule has 12 heavy (non-hydrogen) atoms. The number of hydrogen-bond acceptors (Lipinski definition) is 5. The first-order valence-corrected chi connectivity index (χ1v) is 3.13. The summed E-state index contributed by atoms with van der Waals surface area (Å²) in [6.07, 6.45) is -0.549. The predicted molar refractivity (Wildman–Crippen MR) is 37.0 cm³/mol. The molecule has 3 N–H and O–H groups in total. The number of aliphatic carboxylic acids is 1. The maximum absolute atomic E-state index is 10.7. The number of rotatable bonds is 3. The van der Waals surface area contributed by atoms with Crippen LogP contribution in [0.3, 0.4) is 0 Å². The van der Waals surface area contributed by atoms with E-state index in [1.54, 1.807) is 0 Å². The van der Waals surface area contributed by atoms with Gasteiger partial charge in [-0.1, -0.05) is 0 Å². The molecule has 0 heterocycles. The largest absolute Gasteiger partial charge is 0.481 e. The third kappa shape index (κ3) is 4.40. The van der Waals surface area contributed by atoms with Crippen LogP contribution in [0.2, 0.25) is 0 Å². The first-order chi connectivity index (χ1) is 5.43. The van der Waals surface area contributed by atoms with Gasteiger partial charge in [0.1, 0.15) is 6.04 Å². The van der Waals surface area contributed by atoms with E-state index >= 15 is 0 Å². The summed E-state index contributed by atoms with van der Waals surface area (Å²) in [6, 6.07) is -1.29. The summed E-state index contributed by atoms with van der Waals surface area (Å²) in [5.74, 6) is -3.05. The summed E-state index contributed by atoms with van der Waals surface area (Å²) in [7, 11) is 0. The first kappa shape index (κ1) is 10.6. The van der Waals surface area contributed by atoms with Crippen molar-refractivity contribution in [2.45, 2.75) is 19.4 Å². The second-order valence-electron chi connectivity index (χ2n) is 2.12. The van der Waals surface area contributed by atoms with Crippen LogP contribution in [-0.4, -0.2) is 29.1 Å². The molecule has 6 heteroatoms. The Balaban J connectivity index is 3.93. The summed E-state index contributed by atoms with van der Waals surface area (Å²) in [6.45, 7) is 1.03. The fraction of sp³-hybridized carbons (Fsp3) is 0.500. The van der Waals surface area contributed by atoms with E-state index in [0.29, 0.717) is 0 Å². The number of carbonyl (C=O) groups is 3. The number of ether oxygens (including phenoxy) is 1. The number of carboxylic acid groups (broad SMARTS) is 1. The van der Waals surface area contributed by atoms with E-state index in [0.717, 1.165) is 6.92 Å². The van der Waals surface area contributed by atoms with Gasteiger partial charge in [-0.3, -0.25) is 9.59 Å². The van der Waals surface area contributed by atoms with E-state index in [4.69, 9.17) is 10.8 Å². The van der Waals surface area contributed by atoms with E-state index in [9.17, 15) is 14.4 Å². The topological polar surface area (TPSA) is 107 Å². The standard InChI is InChI=1S/C6H9NO5/c1-3(8)12-6(11)4(7)2-5(9)10/h4H,2,7H2,1H3,(H,9,10)/t4-/m0/s1. The quantitative estimate of drug-likeness (QED) is 0.415. The van der Waals surface area contributed by atoms with Crippen LogP contribution in [0.15, 0.2) is 0 Å². The lowest BCUT2D eigenvalue weighted by atomic mass is 10.2. The molecule has 0 fully saturated rings. The van der Waals surface area contributed by atoms with Crippen molar-refractivity contribution in [3.63, 3.8) is 0 Å². The molecule has 0 saturated carbocycles. The summed E-state index contributed by atoms with van der Waals surface area (Å²) in [5, 5.41) is 8.19. The van der Waals surface area contributed by atoms with Crippen LogP contribution in [-0.2, 0) is 19.1 Å². The Morgan fingerprint density at radius 3 is 2.33 bits per heavy atom. The Hall–Kier alpha value is -1.43. The van der Waals surface area contributed by atoms with Gasteiger partial charge in [-0.2, -0.15) is 0 Å². The third-order valence-corrected chi connectivity index (χ3v) is 0.942. The normalized spacial score (nSPS) is 11.8. The summed E-state index contributed by atoms with van der Waals surface area (Å²) in [4.78, 5) is 30.9. The molecule has 68 valence electrons. The molecule has 0 amide bonds. The highest BCUT2D eigenvalue weighted by atomic mass is 16.6. The molecule has 0 unspecified atom stereocenters. The second-order valence-corrected chi connectivity index (χ2v) is 2.12. The van der Waals surface area contributed by atoms with Gasteiger partial charge in [-0.15, -0.1) is 0 Å². The van der Waals surface area contributed by atoms with Gasteiger partial charge in [0.05, 0.1) is 6.42 Å². The Labute approximate surface area is 68.3 Å². The Bertz CT molecular complexity index is 212. The zero-order valence-electron chi connectivity index (χ0n) is 6.44. The monoisotopic (exact) mass is 175 g/mol. The molecule has 0 aromatic carbocycles. The molecule has 1 atom stereocenters. The molecule has 0 spiro atoms. The van der Waals surface area contributed by atoms with Crippen molar-refractivity contribution < 1.29 is 24.2 Å². The first-order valence-electron chi connectivity index (χ1n) is 3.13. The van der Waals surface area contributed by atoms with Crippen LogP contribution < -0.4 is 5.73 Å². The average Bonchev–Trinajstić information content (AvgIpc) is 1.84. The zero-order chi connectivity index (χ0) is 9.72. The maximum Gasteiger partial charge on any atom is 0.331 e. The number of nitrogens with two attached hydrogens (primary N) is 1. The SMILES string of the molecule is CC(=O)OC(=O)[C@@H](N)CC(=O)O. The van der Waals surface area contributed by atoms with Crippen molar-refractivity contribution in [3.8, 4) is 0 Å². The smallest absolute Gasteiger partial charge is 0.331 e. The maximum atomic E-state index is 10.7. The fourth-order valence-electron chi connectivity index (χ4n) is 0.489. The molecule has 6 nitrogen and oxygen atoms in total. The molecular formula is C6H9NO5. The van der Waals surface area contributed by atoms with Crippen molar-refractivity contribution in [1.29, 1.82) is 0 Å². The van der Waals surface area contributed by atoms with Crippen molar-refractivity contribution >= 4 is 17.9 Å². The van der Waals surface area contributed by atoms with Gasteiger partial charge in [-0.25, -0.2) is 4.79 Å².